The van der Waals surface area contributed by atoms with Gasteiger partial charge in [-0.2, -0.15) is 0 Å². The Kier molecular flexibility index (Phi) is 5.11. The second-order valence-corrected chi connectivity index (χ2v) is 7.02. The van der Waals surface area contributed by atoms with E-state index in [1.807, 2.05) is 18.2 Å². The first kappa shape index (κ1) is 17.9. The van der Waals surface area contributed by atoms with Crippen molar-refractivity contribution in [3.63, 3.8) is 0 Å². The Balaban J connectivity index is 1.65. The molecule has 28 heavy (non-hydrogen) atoms. The van der Waals surface area contributed by atoms with Crippen molar-refractivity contribution < 1.29 is 5.11 Å². The van der Waals surface area contributed by atoms with Gasteiger partial charge >= 0.3 is 0 Å². The first-order chi connectivity index (χ1) is 13.7. The van der Waals surface area contributed by atoms with Gasteiger partial charge in [-0.05, 0) is 73.0 Å². The van der Waals surface area contributed by atoms with Gasteiger partial charge in [-0.3, -0.25) is 0 Å². The molecule has 4 aromatic rings. The van der Waals surface area contributed by atoms with E-state index >= 15 is 0 Å². The van der Waals surface area contributed by atoms with Gasteiger partial charge in [-0.25, -0.2) is 0 Å². The number of aryl methyl sites for hydroxylation is 1. The molecule has 0 saturated carbocycles. The predicted molar refractivity (Wildman–Crippen MR) is 117 cm³/mol. The van der Waals surface area contributed by atoms with Crippen LogP contribution in [0.1, 0.15) is 16.7 Å². The van der Waals surface area contributed by atoms with Gasteiger partial charge in [0.05, 0.1) is 0 Å². The van der Waals surface area contributed by atoms with Crippen LogP contribution in [0.4, 0.5) is 17.1 Å². The van der Waals surface area contributed by atoms with Crippen molar-refractivity contribution in [1.82, 2.24) is 0 Å². The number of hydrogen-bond acceptors (Lipinski definition) is 2. The van der Waals surface area contributed by atoms with Crippen molar-refractivity contribution in [3.8, 4) is 5.75 Å². The van der Waals surface area contributed by atoms with Gasteiger partial charge in [0.15, 0.2) is 0 Å². The van der Waals surface area contributed by atoms with Gasteiger partial charge in [0.1, 0.15) is 5.75 Å². The summed E-state index contributed by atoms with van der Waals surface area (Å²) in [5.74, 6) is 0.302. The van der Waals surface area contributed by atoms with E-state index in [0.29, 0.717) is 5.75 Å². The molecule has 0 unspecified atom stereocenters. The lowest BCUT2D eigenvalue weighted by atomic mass is 10.0. The highest BCUT2D eigenvalue weighted by Crippen LogP contribution is 2.34. The van der Waals surface area contributed by atoms with E-state index in [0.717, 1.165) is 23.5 Å². The van der Waals surface area contributed by atoms with Crippen molar-refractivity contribution >= 4 is 17.1 Å². The smallest absolute Gasteiger partial charge is 0.115 e. The summed E-state index contributed by atoms with van der Waals surface area (Å²) in [6.45, 7) is 2.11. The fourth-order valence-corrected chi connectivity index (χ4v) is 3.33. The Morgan fingerprint density at radius 2 is 1.04 bits per heavy atom. The molecule has 1 N–H and O–H groups in total. The van der Waals surface area contributed by atoms with Gasteiger partial charge in [0.25, 0.3) is 0 Å². The predicted octanol–water partition coefficient (Wildman–Crippen LogP) is 6.76. The standard InChI is InChI=1S/C26H23NO/c1-20-7-13-24(14-8-20)27(23-5-3-2-4-6-23)25-15-9-21(10-16-25)19-22-11-17-26(28)18-12-22/h2-18,28H,19H2,1H3. The largest absolute Gasteiger partial charge is 0.508 e. The Hall–Kier alpha value is -3.52. The molecular weight excluding hydrogens is 342 g/mol. The van der Waals surface area contributed by atoms with Crippen molar-refractivity contribution in [1.29, 1.82) is 0 Å². The highest BCUT2D eigenvalue weighted by atomic mass is 16.3. The summed E-state index contributed by atoms with van der Waals surface area (Å²) in [4.78, 5) is 2.27. The third-order valence-electron chi connectivity index (χ3n) is 4.85. The molecule has 4 rings (SSSR count). The van der Waals surface area contributed by atoms with Crippen molar-refractivity contribution in [2.75, 3.05) is 4.90 Å². The molecule has 0 saturated heterocycles. The van der Waals surface area contributed by atoms with Crippen LogP contribution in [-0.2, 0) is 6.42 Å². The number of benzene rings is 4. The minimum Gasteiger partial charge on any atom is -0.508 e. The molecule has 2 heteroatoms. The summed E-state index contributed by atoms with van der Waals surface area (Å²) >= 11 is 0. The third-order valence-corrected chi connectivity index (χ3v) is 4.85. The number of hydrogen-bond donors (Lipinski definition) is 1. The van der Waals surface area contributed by atoms with Crippen molar-refractivity contribution in [2.24, 2.45) is 0 Å². The van der Waals surface area contributed by atoms with Crippen LogP contribution in [0.25, 0.3) is 0 Å². The molecule has 0 aliphatic carbocycles. The second-order valence-electron chi connectivity index (χ2n) is 7.02. The van der Waals surface area contributed by atoms with E-state index < -0.39 is 0 Å². The molecule has 0 amide bonds. The van der Waals surface area contributed by atoms with Crippen molar-refractivity contribution in [2.45, 2.75) is 13.3 Å². The topological polar surface area (TPSA) is 23.5 Å². The van der Waals surface area contributed by atoms with Crippen LogP contribution < -0.4 is 4.90 Å². The Labute approximate surface area is 166 Å². The highest BCUT2D eigenvalue weighted by Gasteiger charge is 2.12. The minimum absolute atomic E-state index is 0.302. The molecule has 0 aliphatic heterocycles. The molecule has 0 atom stereocenters. The SMILES string of the molecule is Cc1ccc(N(c2ccccc2)c2ccc(Cc3ccc(O)cc3)cc2)cc1. The fourth-order valence-electron chi connectivity index (χ4n) is 3.33. The van der Waals surface area contributed by atoms with Crippen LogP contribution in [0.2, 0.25) is 0 Å². The summed E-state index contributed by atoms with van der Waals surface area (Å²) in [7, 11) is 0. The van der Waals surface area contributed by atoms with Crippen molar-refractivity contribution in [3.05, 3.63) is 120 Å². The molecule has 0 heterocycles. The molecule has 138 valence electrons. The number of nitrogens with zero attached hydrogens (tertiary/aromatic N) is 1. The Morgan fingerprint density at radius 1 is 0.571 bits per heavy atom. The van der Waals surface area contributed by atoms with Gasteiger partial charge in [-0.15, -0.1) is 0 Å². The van der Waals surface area contributed by atoms with E-state index in [4.69, 9.17) is 0 Å². The second kappa shape index (κ2) is 8.01. The zero-order valence-electron chi connectivity index (χ0n) is 15.9. The molecule has 0 radical (unpaired) electrons. The Bertz CT molecular complexity index is 1020. The van der Waals surface area contributed by atoms with E-state index in [9.17, 15) is 5.11 Å². The average molecular weight is 365 g/mol. The minimum atomic E-state index is 0.302. The van der Waals surface area contributed by atoms with E-state index in [2.05, 4.69) is 84.6 Å². The molecule has 0 aromatic heterocycles. The van der Waals surface area contributed by atoms with E-state index in [-0.39, 0.29) is 0 Å². The quantitative estimate of drug-likeness (QED) is 0.422. The van der Waals surface area contributed by atoms with E-state index in [1.165, 1.54) is 16.7 Å². The molecule has 4 aromatic carbocycles. The maximum atomic E-state index is 9.45. The van der Waals surface area contributed by atoms with Crippen LogP contribution in [-0.4, -0.2) is 5.11 Å². The van der Waals surface area contributed by atoms with Crippen LogP contribution in [0.3, 0.4) is 0 Å². The lowest BCUT2D eigenvalue weighted by Crippen LogP contribution is -2.09. The number of anilines is 3. The van der Waals surface area contributed by atoms with Gasteiger partial charge < -0.3 is 10.0 Å². The first-order valence-corrected chi connectivity index (χ1v) is 9.48. The number of para-hydroxylation sites is 1. The van der Waals surface area contributed by atoms with Crippen LogP contribution in [0.15, 0.2) is 103 Å². The summed E-state index contributed by atoms with van der Waals surface area (Å²) in [5.41, 5.74) is 7.08. The van der Waals surface area contributed by atoms with Crippen LogP contribution in [0, 0.1) is 6.92 Å². The highest BCUT2D eigenvalue weighted by molar-refractivity contribution is 5.76. The first-order valence-electron chi connectivity index (χ1n) is 9.48. The Morgan fingerprint density at radius 3 is 1.61 bits per heavy atom. The third kappa shape index (κ3) is 4.07. The van der Waals surface area contributed by atoms with E-state index in [1.54, 1.807) is 12.1 Å². The summed E-state index contributed by atoms with van der Waals surface area (Å²) in [6.07, 6.45) is 0.844. The molecule has 2 nitrogen and oxygen atoms in total. The molecule has 0 spiro atoms. The number of phenolic OH excluding ortho intramolecular Hbond substituents is 1. The molecular formula is C26H23NO. The zero-order chi connectivity index (χ0) is 19.3. The molecule has 0 aliphatic rings. The van der Waals surface area contributed by atoms with Crippen LogP contribution >= 0.6 is 0 Å². The number of phenols is 1. The molecule has 0 fully saturated rings. The maximum absolute atomic E-state index is 9.45. The summed E-state index contributed by atoms with van der Waals surface area (Å²) < 4.78 is 0. The maximum Gasteiger partial charge on any atom is 0.115 e. The van der Waals surface area contributed by atoms with Gasteiger partial charge in [0.2, 0.25) is 0 Å². The molecule has 0 bridgehead atoms. The van der Waals surface area contributed by atoms with Crippen LogP contribution in [0.5, 0.6) is 5.75 Å². The zero-order valence-corrected chi connectivity index (χ0v) is 15.9. The fraction of sp³-hybridized carbons (Fsp3) is 0.0769. The number of rotatable bonds is 5. The normalized spacial score (nSPS) is 10.6. The monoisotopic (exact) mass is 365 g/mol. The van der Waals surface area contributed by atoms with Gasteiger partial charge in [-0.1, -0.05) is 60.2 Å². The number of aromatic hydroxyl groups is 1. The lowest BCUT2D eigenvalue weighted by molar-refractivity contribution is 0.475. The summed E-state index contributed by atoms with van der Waals surface area (Å²) in [5, 5.41) is 9.45. The lowest BCUT2D eigenvalue weighted by Gasteiger charge is -2.25. The summed E-state index contributed by atoms with van der Waals surface area (Å²) in [6, 6.07) is 35.1. The average Bonchev–Trinajstić information content (AvgIpc) is 2.73. The van der Waals surface area contributed by atoms with Gasteiger partial charge in [0, 0.05) is 17.1 Å².